The number of hydrogen-bond acceptors (Lipinski definition) is 6. The number of thiophene rings is 1. The van der Waals surface area contributed by atoms with Crippen LogP contribution in [0.15, 0.2) is 65.8 Å². The van der Waals surface area contributed by atoms with Gasteiger partial charge in [0.25, 0.3) is 11.7 Å². The minimum atomic E-state index is -0.703. The van der Waals surface area contributed by atoms with Gasteiger partial charge in [-0.1, -0.05) is 12.1 Å². The van der Waals surface area contributed by atoms with Crippen molar-refractivity contribution in [3.05, 3.63) is 87.4 Å². The van der Waals surface area contributed by atoms with E-state index in [0.717, 1.165) is 16.0 Å². The Bertz CT molecular complexity index is 1140. The number of methoxy groups -OCH3 is 1. The van der Waals surface area contributed by atoms with Crippen molar-refractivity contribution < 1.29 is 19.4 Å². The second-order valence-corrected chi connectivity index (χ2v) is 7.90. The summed E-state index contributed by atoms with van der Waals surface area (Å²) in [5.41, 5.74) is 2.26. The summed E-state index contributed by atoms with van der Waals surface area (Å²) in [7, 11) is 1.50. The quantitative estimate of drug-likeness (QED) is 0.382. The number of likely N-dealkylation sites (tertiary alicyclic amines) is 1. The maximum atomic E-state index is 13.1. The van der Waals surface area contributed by atoms with Crippen molar-refractivity contribution in [3.63, 3.8) is 0 Å². The van der Waals surface area contributed by atoms with Gasteiger partial charge in [0.2, 0.25) is 0 Å². The summed E-state index contributed by atoms with van der Waals surface area (Å²) in [4.78, 5) is 32.5. The first-order valence-corrected chi connectivity index (χ1v) is 10.3. The Morgan fingerprint density at radius 1 is 1.17 bits per heavy atom. The highest BCUT2D eigenvalue weighted by Crippen LogP contribution is 2.44. The fourth-order valence-corrected chi connectivity index (χ4v) is 4.70. The number of rotatable bonds is 5. The van der Waals surface area contributed by atoms with E-state index in [9.17, 15) is 14.7 Å². The lowest BCUT2D eigenvalue weighted by molar-refractivity contribution is -0.140. The van der Waals surface area contributed by atoms with Gasteiger partial charge in [-0.2, -0.15) is 0 Å². The van der Waals surface area contributed by atoms with Gasteiger partial charge >= 0.3 is 0 Å². The smallest absolute Gasteiger partial charge is 0.295 e. The second-order valence-electron chi connectivity index (χ2n) is 6.95. The fourth-order valence-electron chi connectivity index (χ4n) is 3.65. The third-order valence-electron chi connectivity index (χ3n) is 5.15. The monoisotopic (exact) mass is 420 g/mol. The predicted molar refractivity (Wildman–Crippen MR) is 114 cm³/mol. The first-order valence-electron chi connectivity index (χ1n) is 9.37. The van der Waals surface area contributed by atoms with E-state index in [1.807, 2.05) is 18.4 Å². The van der Waals surface area contributed by atoms with E-state index in [1.54, 1.807) is 48.8 Å². The highest BCUT2D eigenvalue weighted by molar-refractivity contribution is 7.10. The van der Waals surface area contributed by atoms with Gasteiger partial charge in [0, 0.05) is 23.8 Å². The Kier molecular flexibility index (Phi) is 5.37. The van der Waals surface area contributed by atoms with E-state index in [0.29, 0.717) is 11.3 Å². The summed E-state index contributed by atoms with van der Waals surface area (Å²) in [6, 6.07) is 11.8. The number of aliphatic hydroxyl groups excluding tert-OH is 1. The van der Waals surface area contributed by atoms with Crippen LogP contribution in [0, 0.1) is 6.92 Å². The fraction of sp³-hybridized carbons (Fsp3) is 0.174. The number of para-hydroxylation sites is 1. The molecule has 1 N–H and O–H groups in total. The highest BCUT2D eigenvalue weighted by Gasteiger charge is 2.47. The number of Topliss-reactive ketones (excluding diaryl/α,β-unsaturated/α-hetero) is 1. The number of ketones is 1. The van der Waals surface area contributed by atoms with Gasteiger partial charge in [-0.3, -0.25) is 14.6 Å². The number of ether oxygens (including phenoxy) is 1. The number of carbonyl (C=O) groups is 2. The number of nitrogens with zero attached hydrogens (tertiary/aromatic N) is 2. The van der Waals surface area contributed by atoms with Gasteiger partial charge in [0.1, 0.15) is 17.6 Å². The Labute approximate surface area is 178 Å². The number of aliphatic hydroxyl groups is 1. The Morgan fingerprint density at radius 3 is 2.57 bits per heavy atom. The van der Waals surface area contributed by atoms with Crippen LogP contribution in [-0.4, -0.2) is 33.8 Å². The number of amides is 1. The van der Waals surface area contributed by atoms with Gasteiger partial charge < -0.3 is 14.7 Å². The lowest BCUT2D eigenvalue weighted by Crippen LogP contribution is -2.29. The molecule has 3 heterocycles. The molecular formula is C23H20N2O4S. The van der Waals surface area contributed by atoms with Crippen molar-refractivity contribution in [3.8, 4) is 5.75 Å². The van der Waals surface area contributed by atoms with E-state index in [2.05, 4.69) is 4.98 Å². The molecule has 1 fully saturated rings. The lowest BCUT2D eigenvalue weighted by Gasteiger charge is -2.25. The molecule has 30 heavy (non-hydrogen) atoms. The first-order chi connectivity index (χ1) is 14.5. The normalized spacial score (nSPS) is 18.1. The van der Waals surface area contributed by atoms with Crippen molar-refractivity contribution >= 4 is 28.8 Å². The molecule has 1 saturated heterocycles. The summed E-state index contributed by atoms with van der Waals surface area (Å²) in [5.74, 6) is -1.15. The SMILES string of the molecule is COc1ccccc1/C(O)=C1\C(=O)C(=O)N(Cc2ccncc2)C1c1sccc1C. The second kappa shape index (κ2) is 8.12. The molecule has 1 amide bonds. The zero-order chi connectivity index (χ0) is 21.3. The van der Waals surface area contributed by atoms with Crippen LogP contribution in [0.1, 0.15) is 27.6 Å². The van der Waals surface area contributed by atoms with Crippen LogP contribution < -0.4 is 4.74 Å². The molecular weight excluding hydrogens is 400 g/mol. The molecule has 1 aromatic carbocycles. The van der Waals surface area contributed by atoms with Crippen LogP contribution in [0.2, 0.25) is 0 Å². The molecule has 0 aliphatic carbocycles. The Hall–Kier alpha value is -3.45. The van der Waals surface area contributed by atoms with Gasteiger partial charge in [-0.15, -0.1) is 11.3 Å². The predicted octanol–water partition coefficient (Wildman–Crippen LogP) is 4.08. The zero-order valence-corrected chi connectivity index (χ0v) is 17.3. The molecule has 1 aliphatic heterocycles. The molecule has 2 aromatic heterocycles. The molecule has 0 saturated carbocycles. The van der Waals surface area contributed by atoms with Gasteiger partial charge in [-0.25, -0.2) is 0 Å². The minimum Gasteiger partial charge on any atom is -0.507 e. The molecule has 6 nitrogen and oxygen atoms in total. The van der Waals surface area contributed by atoms with Gasteiger partial charge in [0.05, 0.1) is 18.2 Å². The number of carbonyl (C=O) groups excluding carboxylic acids is 2. The molecule has 7 heteroatoms. The number of benzene rings is 1. The maximum Gasteiger partial charge on any atom is 0.295 e. The van der Waals surface area contributed by atoms with E-state index in [4.69, 9.17) is 4.74 Å². The van der Waals surface area contributed by atoms with E-state index < -0.39 is 17.7 Å². The molecule has 1 unspecified atom stereocenters. The number of hydrogen-bond donors (Lipinski definition) is 1. The molecule has 3 aromatic rings. The van der Waals surface area contributed by atoms with Crippen LogP contribution in [0.4, 0.5) is 0 Å². The zero-order valence-electron chi connectivity index (χ0n) is 16.5. The third-order valence-corrected chi connectivity index (χ3v) is 6.23. The average molecular weight is 420 g/mol. The van der Waals surface area contributed by atoms with Crippen molar-refractivity contribution in [1.29, 1.82) is 0 Å². The number of aryl methyl sites for hydroxylation is 1. The van der Waals surface area contributed by atoms with Crippen molar-refractivity contribution in [2.24, 2.45) is 0 Å². The summed E-state index contributed by atoms with van der Waals surface area (Å²) < 4.78 is 5.35. The lowest BCUT2D eigenvalue weighted by atomic mass is 9.98. The van der Waals surface area contributed by atoms with E-state index in [1.165, 1.54) is 23.3 Å². The summed E-state index contributed by atoms with van der Waals surface area (Å²) in [6.07, 6.45) is 3.29. The van der Waals surface area contributed by atoms with Crippen molar-refractivity contribution in [1.82, 2.24) is 9.88 Å². The van der Waals surface area contributed by atoms with Crippen LogP contribution in [0.25, 0.3) is 5.76 Å². The third kappa shape index (κ3) is 3.37. The Morgan fingerprint density at radius 2 is 1.90 bits per heavy atom. The molecule has 152 valence electrons. The molecule has 0 radical (unpaired) electrons. The topological polar surface area (TPSA) is 79.7 Å². The molecule has 0 spiro atoms. The van der Waals surface area contributed by atoms with E-state index in [-0.39, 0.29) is 17.9 Å². The standard InChI is InChI=1S/C23H20N2O4S/c1-14-9-12-30-22(14)19-18(20(26)16-5-3-4-6-17(16)29-2)21(27)23(28)25(19)13-15-7-10-24-11-8-15/h3-12,19,26H,13H2,1-2H3/b20-18+. The summed E-state index contributed by atoms with van der Waals surface area (Å²) >= 11 is 1.46. The van der Waals surface area contributed by atoms with E-state index >= 15 is 0 Å². The maximum absolute atomic E-state index is 13.1. The van der Waals surface area contributed by atoms with Gasteiger partial charge in [-0.05, 0) is 53.8 Å². The van der Waals surface area contributed by atoms with Crippen LogP contribution in [0.3, 0.4) is 0 Å². The number of aromatic nitrogens is 1. The first kappa shape index (κ1) is 19.8. The Balaban J connectivity index is 1.89. The van der Waals surface area contributed by atoms with Crippen LogP contribution >= 0.6 is 11.3 Å². The minimum absolute atomic E-state index is 0.0732. The molecule has 4 rings (SSSR count). The highest BCUT2D eigenvalue weighted by atomic mass is 32.1. The number of pyridine rings is 1. The molecule has 1 aliphatic rings. The largest absolute Gasteiger partial charge is 0.507 e. The molecule has 0 bridgehead atoms. The van der Waals surface area contributed by atoms with Crippen molar-refractivity contribution in [2.45, 2.75) is 19.5 Å². The van der Waals surface area contributed by atoms with Crippen molar-refractivity contribution in [2.75, 3.05) is 7.11 Å². The summed E-state index contributed by atoms with van der Waals surface area (Å²) in [5, 5.41) is 13.1. The van der Waals surface area contributed by atoms with Crippen LogP contribution in [-0.2, 0) is 16.1 Å². The average Bonchev–Trinajstić information content (AvgIpc) is 3.30. The van der Waals surface area contributed by atoms with Gasteiger partial charge in [0.15, 0.2) is 0 Å². The van der Waals surface area contributed by atoms with Crippen LogP contribution in [0.5, 0.6) is 5.75 Å². The summed E-state index contributed by atoms with van der Waals surface area (Å²) in [6.45, 7) is 2.17. The molecule has 1 atom stereocenters.